The van der Waals surface area contributed by atoms with E-state index < -0.39 is 18.6 Å². The third kappa shape index (κ3) is 12.3. The lowest BCUT2D eigenvalue weighted by Crippen LogP contribution is -2.33. The average Bonchev–Trinajstić information content (AvgIpc) is 2.03. The number of nitrogens with two attached hydrogens (primary N) is 1. The highest BCUT2D eigenvalue weighted by molar-refractivity contribution is 5.73. The molecule has 0 saturated carbocycles. The Balaban J connectivity index is 0. The van der Waals surface area contributed by atoms with Crippen molar-refractivity contribution >= 4 is 5.97 Å². The van der Waals surface area contributed by atoms with Gasteiger partial charge in [-0.2, -0.15) is 0 Å². The summed E-state index contributed by atoms with van der Waals surface area (Å²) >= 11 is 0. The number of carboxylic acids is 1. The van der Waals surface area contributed by atoms with E-state index in [0.717, 1.165) is 0 Å². The number of aliphatic carboxylic acids is 1. The molecule has 0 unspecified atom stereocenters. The van der Waals surface area contributed by atoms with Gasteiger partial charge in [0.1, 0.15) is 6.04 Å². The minimum Gasteiger partial charge on any atom is -0.480 e. The molecule has 66 valence electrons. The molecule has 0 aliphatic rings. The molecule has 0 aromatic rings. The summed E-state index contributed by atoms with van der Waals surface area (Å²) in [5.41, 5.74) is 4.77. The number of aliphatic hydroxyl groups is 2. The summed E-state index contributed by atoms with van der Waals surface area (Å²) < 4.78 is 0. The molecule has 0 amide bonds. The molecule has 0 heterocycles. The van der Waals surface area contributed by atoms with Crippen LogP contribution in [0.2, 0.25) is 0 Å². The van der Waals surface area contributed by atoms with Crippen LogP contribution in [-0.2, 0) is 4.79 Å². The van der Waals surface area contributed by atoms with Crippen molar-refractivity contribution in [3.63, 3.8) is 0 Å². The fourth-order valence-corrected chi connectivity index (χ4v) is 0.0781. The fraction of sp³-hybridized carbons (Fsp3) is 0.500. The summed E-state index contributed by atoms with van der Waals surface area (Å²) in [5.74, 6) is -1.18. The van der Waals surface area contributed by atoms with Crippen LogP contribution in [0.3, 0.4) is 0 Å². The quantitative estimate of drug-likeness (QED) is 0.381. The second kappa shape index (κ2) is 9.09. The molecule has 0 bridgehead atoms. The van der Waals surface area contributed by atoms with Gasteiger partial charge in [-0.15, -0.1) is 6.58 Å². The lowest BCUT2D eigenvalue weighted by Gasteiger charge is -1.96. The number of carboxylic acid groups (broad SMARTS) is 1. The fourth-order valence-electron chi connectivity index (χ4n) is 0.0781. The van der Waals surface area contributed by atoms with Crippen LogP contribution in [0.25, 0.3) is 0 Å². The Morgan fingerprint density at radius 3 is 2.00 bits per heavy atom. The van der Waals surface area contributed by atoms with Gasteiger partial charge < -0.3 is 21.1 Å². The van der Waals surface area contributed by atoms with Crippen LogP contribution in [0.15, 0.2) is 12.7 Å². The van der Waals surface area contributed by atoms with Crippen LogP contribution in [0.1, 0.15) is 0 Å². The number of hydrogen-bond donors (Lipinski definition) is 4. The lowest BCUT2D eigenvalue weighted by atomic mass is 10.3. The normalized spacial score (nSPS) is 10.8. The maximum atomic E-state index is 9.65. The van der Waals surface area contributed by atoms with E-state index in [2.05, 4.69) is 6.58 Å². The standard InChI is InChI=1S/C3H7NO3.C3H6O/c4-2(1-5)3(6)7;1-2-3-4/h2,5H,1,4H2,(H,6,7);2,4H,1,3H2/t2-;/m0./s1. The van der Waals surface area contributed by atoms with Crippen LogP contribution in [0.4, 0.5) is 0 Å². The van der Waals surface area contributed by atoms with E-state index in [1.165, 1.54) is 6.08 Å². The summed E-state index contributed by atoms with van der Waals surface area (Å²) in [5, 5.41) is 23.7. The van der Waals surface area contributed by atoms with Gasteiger partial charge in [-0.1, -0.05) is 6.08 Å². The Kier molecular flexibility index (Phi) is 10.5. The Hall–Kier alpha value is -0.910. The second-order valence-corrected chi connectivity index (χ2v) is 1.60. The predicted octanol–water partition coefficient (Wildman–Crippen LogP) is -1.44. The SMILES string of the molecule is C=CCO.N[C@@H](CO)C(=O)O. The van der Waals surface area contributed by atoms with Gasteiger partial charge in [-0.05, 0) is 0 Å². The van der Waals surface area contributed by atoms with Crippen LogP contribution in [0.5, 0.6) is 0 Å². The van der Waals surface area contributed by atoms with Gasteiger partial charge in [0, 0.05) is 0 Å². The van der Waals surface area contributed by atoms with Gasteiger partial charge in [0.15, 0.2) is 0 Å². The maximum Gasteiger partial charge on any atom is 0.322 e. The smallest absolute Gasteiger partial charge is 0.322 e. The Labute approximate surface area is 64.8 Å². The predicted molar refractivity (Wildman–Crippen MR) is 40.0 cm³/mol. The molecular formula is C6H13NO4. The second-order valence-electron chi connectivity index (χ2n) is 1.60. The van der Waals surface area contributed by atoms with Crippen molar-refractivity contribution in [2.24, 2.45) is 5.73 Å². The van der Waals surface area contributed by atoms with Crippen LogP contribution >= 0.6 is 0 Å². The zero-order valence-corrected chi connectivity index (χ0v) is 6.10. The molecule has 5 N–H and O–H groups in total. The van der Waals surface area contributed by atoms with Crippen molar-refractivity contribution in [2.45, 2.75) is 6.04 Å². The highest BCUT2D eigenvalue weighted by Gasteiger charge is 2.06. The van der Waals surface area contributed by atoms with Crippen molar-refractivity contribution in [3.05, 3.63) is 12.7 Å². The highest BCUT2D eigenvalue weighted by atomic mass is 16.4. The largest absolute Gasteiger partial charge is 0.480 e. The van der Waals surface area contributed by atoms with Gasteiger partial charge in [0.25, 0.3) is 0 Å². The number of aliphatic hydroxyl groups excluding tert-OH is 2. The molecule has 1 atom stereocenters. The molecule has 0 aromatic carbocycles. The first kappa shape index (κ1) is 12.7. The first-order valence-corrected chi connectivity index (χ1v) is 2.91. The summed E-state index contributed by atoms with van der Waals surface area (Å²) in [6, 6.07) is -1.13. The lowest BCUT2D eigenvalue weighted by molar-refractivity contribution is -0.139. The molecule has 0 fully saturated rings. The summed E-state index contributed by atoms with van der Waals surface area (Å²) in [4.78, 5) is 9.65. The molecule has 0 aromatic heterocycles. The molecule has 0 spiro atoms. The highest BCUT2D eigenvalue weighted by Crippen LogP contribution is 1.71. The number of rotatable bonds is 3. The van der Waals surface area contributed by atoms with E-state index >= 15 is 0 Å². The van der Waals surface area contributed by atoms with E-state index in [4.69, 9.17) is 21.1 Å². The minimum atomic E-state index is -1.18. The molecule has 0 aliphatic carbocycles. The van der Waals surface area contributed by atoms with E-state index in [-0.39, 0.29) is 6.61 Å². The van der Waals surface area contributed by atoms with Crippen molar-refractivity contribution in [1.29, 1.82) is 0 Å². The van der Waals surface area contributed by atoms with Crippen molar-refractivity contribution in [3.8, 4) is 0 Å². The molecule has 11 heavy (non-hydrogen) atoms. The van der Waals surface area contributed by atoms with Crippen molar-refractivity contribution in [1.82, 2.24) is 0 Å². The molecule has 0 radical (unpaired) electrons. The van der Waals surface area contributed by atoms with Gasteiger partial charge in [-0.25, -0.2) is 0 Å². The number of carbonyl (C=O) groups is 1. The number of hydrogen-bond acceptors (Lipinski definition) is 4. The first-order chi connectivity index (χ1) is 5.09. The van der Waals surface area contributed by atoms with Gasteiger partial charge in [0.05, 0.1) is 13.2 Å². The van der Waals surface area contributed by atoms with Crippen LogP contribution < -0.4 is 5.73 Å². The summed E-state index contributed by atoms with van der Waals surface area (Å²) in [7, 11) is 0. The maximum absolute atomic E-state index is 9.65. The Morgan fingerprint density at radius 1 is 1.64 bits per heavy atom. The Bertz CT molecular complexity index is 115. The molecule has 5 nitrogen and oxygen atoms in total. The van der Waals surface area contributed by atoms with Crippen LogP contribution in [-0.4, -0.2) is 40.5 Å². The van der Waals surface area contributed by atoms with Crippen LogP contribution in [0, 0.1) is 0 Å². The average molecular weight is 163 g/mol. The third-order valence-corrected chi connectivity index (χ3v) is 0.643. The minimum absolute atomic E-state index is 0.0833. The third-order valence-electron chi connectivity index (χ3n) is 0.643. The topological polar surface area (TPSA) is 104 Å². The zero-order valence-electron chi connectivity index (χ0n) is 6.10. The first-order valence-electron chi connectivity index (χ1n) is 2.91. The van der Waals surface area contributed by atoms with Gasteiger partial charge >= 0.3 is 5.97 Å². The summed E-state index contributed by atoms with van der Waals surface area (Å²) in [6.07, 6.45) is 1.43. The van der Waals surface area contributed by atoms with E-state index in [1.807, 2.05) is 0 Å². The molecule has 0 rings (SSSR count). The monoisotopic (exact) mass is 163 g/mol. The van der Waals surface area contributed by atoms with Crippen molar-refractivity contribution in [2.75, 3.05) is 13.2 Å². The van der Waals surface area contributed by atoms with Gasteiger partial charge in [0.2, 0.25) is 0 Å². The molecule has 0 aliphatic heterocycles. The zero-order chi connectivity index (χ0) is 9.28. The molecule has 0 saturated heterocycles. The van der Waals surface area contributed by atoms with Crippen molar-refractivity contribution < 1.29 is 20.1 Å². The molecular weight excluding hydrogens is 150 g/mol. The summed E-state index contributed by atoms with van der Waals surface area (Å²) in [6.45, 7) is 2.81. The van der Waals surface area contributed by atoms with E-state index in [9.17, 15) is 4.79 Å². The van der Waals surface area contributed by atoms with Gasteiger partial charge in [-0.3, -0.25) is 4.79 Å². The Morgan fingerprint density at radius 2 is 2.00 bits per heavy atom. The van der Waals surface area contributed by atoms with E-state index in [1.54, 1.807) is 0 Å². The molecule has 5 heteroatoms. The van der Waals surface area contributed by atoms with E-state index in [0.29, 0.717) is 0 Å².